The summed E-state index contributed by atoms with van der Waals surface area (Å²) in [6.07, 6.45) is 0.973. The lowest BCUT2D eigenvalue weighted by Crippen LogP contribution is -2.35. The minimum Gasteiger partial charge on any atom is -0.505 e. The maximum atomic E-state index is 12.5. The first-order valence-corrected chi connectivity index (χ1v) is 9.66. The number of carbonyl (C=O) groups is 2. The van der Waals surface area contributed by atoms with Gasteiger partial charge >= 0.3 is 12.0 Å². The standard InChI is InChI=1S/C22H20ClN3O5/c1-26-9-8-18(27)20(21(26)30)25-22(31)24-17(12-19(28)29)15-6-2-4-13(10-15)14-5-3-7-16(23)11-14/h2-11,17,27H,12H2,1H3,(H,28,29)(H2,24,25,31). The van der Waals surface area contributed by atoms with Crippen molar-refractivity contribution in [3.63, 3.8) is 0 Å². The predicted octanol–water partition coefficient (Wildman–Crippen LogP) is 3.75. The zero-order valence-electron chi connectivity index (χ0n) is 16.5. The summed E-state index contributed by atoms with van der Waals surface area (Å²) in [7, 11) is 1.47. The topological polar surface area (TPSA) is 121 Å². The summed E-state index contributed by atoms with van der Waals surface area (Å²) >= 11 is 6.06. The smallest absolute Gasteiger partial charge is 0.319 e. The number of benzene rings is 2. The number of carboxylic acid groups (broad SMARTS) is 1. The van der Waals surface area contributed by atoms with Gasteiger partial charge in [-0.15, -0.1) is 0 Å². The summed E-state index contributed by atoms with van der Waals surface area (Å²) in [5.41, 5.74) is 1.29. The SMILES string of the molecule is Cn1ccc(O)c(NC(=O)NC(CC(=O)O)c2cccc(-c3cccc(Cl)c3)c2)c1=O. The molecular weight excluding hydrogens is 422 g/mol. The van der Waals surface area contributed by atoms with Crippen molar-refractivity contribution in [2.75, 3.05) is 5.32 Å². The lowest BCUT2D eigenvalue weighted by Gasteiger charge is -2.19. The van der Waals surface area contributed by atoms with Gasteiger partial charge < -0.3 is 25.4 Å². The van der Waals surface area contributed by atoms with Crippen LogP contribution in [0.3, 0.4) is 0 Å². The predicted molar refractivity (Wildman–Crippen MR) is 117 cm³/mol. The fourth-order valence-electron chi connectivity index (χ4n) is 3.07. The van der Waals surface area contributed by atoms with E-state index < -0.39 is 29.4 Å². The molecule has 0 bridgehead atoms. The molecule has 160 valence electrons. The quantitative estimate of drug-likeness (QED) is 0.464. The maximum Gasteiger partial charge on any atom is 0.319 e. The Morgan fingerprint density at radius 2 is 1.77 bits per heavy atom. The lowest BCUT2D eigenvalue weighted by atomic mass is 9.98. The van der Waals surface area contributed by atoms with Crippen molar-refractivity contribution in [3.8, 4) is 16.9 Å². The molecule has 0 spiro atoms. The number of hydrogen-bond acceptors (Lipinski definition) is 4. The molecule has 1 atom stereocenters. The molecule has 0 radical (unpaired) electrons. The fraction of sp³-hybridized carbons (Fsp3) is 0.136. The van der Waals surface area contributed by atoms with Gasteiger partial charge in [-0.1, -0.05) is 41.9 Å². The molecule has 4 N–H and O–H groups in total. The Kier molecular flexibility index (Phi) is 6.61. The Balaban J connectivity index is 1.87. The van der Waals surface area contributed by atoms with Crippen molar-refractivity contribution < 1.29 is 19.8 Å². The molecule has 1 unspecified atom stereocenters. The monoisotopic (exact) mass is 441 g/mol. The highest BCUT2D eigenvalue weighted by Crippen LogP contribution is 2.27. The molecule has 0 fully saturated rings. The molecule has 9 heteroatoms. The number of nitrogens with zero attached hydrogens (tertiary/aromatic N) is 1. The molecule has 0 aliphatic carbocycles. The van der Waals surface area contributed by atoms with Crippen molar-refractivity contribution >= 4 is 29.3 Å². The average molecular weight is 442 g/mol. The molecule has 1 heterocycles. The number of pyridine rings is 1. The highest BCUT2D eigenvalue weighted by atomic mass is 35.5. The van der Waals surface area contributed by atoms with Gasteiger partial charge in [0.15, 0.2) is 5.69 Å². The number of urea groups is 1. The fourth-order valence-corrected chi connectivity index (χ4v) is 3.26. The molecule has 3 rings (SSSR count). The summed E-state index contributed by atoms with van der Waals surface area (Å²) in [6, 6.07) is 13.8. The van der Waals surface area contributed by atoms with E-state index >= 15 is 0 Å². The Bertz CT molecular complexity index is 1190. The molecule has 0 aliphatic rings. The van der Waals surface area contributed by atoms with Gasteiger partial charge in [-0.05, 0) is 41.0 Å². The summed E-state index contributed by atoms with van der Waals surface area (Å²) in [5.74, 6) is -1.51. The average Bonchev–Trinajstić information content (AvgIpc) is 2.73. The van der Waals surface area contributed by atoms with E-state index in [0.29, 0.717) is 10.6 Å². The number of aromatic hydroxyl groups is 1. The van der Waals surface area contributed by atoms with Crippen LogP contribution in [-0.2, 0) is 11.8 Å². The number of nitrogens with one attached hydrogen (secondary N) is 2. The van der Waals surface area contributed by atoms with Crippen molar-refractivity contribution in [2.24, 2.45) is 7.05 Å². The number of aliphatic carboxylic acids is 1. The highest BCUT2D eigenvalue weighted by Gasteiger charge is 2.20. The molecule has 3 aromatic rings. The van der Waals surface area contributed by atoms with Crippen molar-refractivity contribution in [3.05, 3.63) is 81.7 Å². The van der Waals surface area contributed by atoms with Crippen molar-refractivity contribution in [2.45, 2.75) is 12.5 Å². The number of anilines is 1. The van der Waals surface area contributed by atoms with E-state index in [0.717, 1.165) is 11.1 Å². The number of aromatic nitrogens is 1. The van der Waals surface area contributed by atoms with E-state index in [-0.39, 0.29) is 12.1 Å². The van der Waals surface area contributed by atoms with Gasteiger partial charge in [0.25, 0.3) is 5.56 Å². The van der Waals surface area contributed by atoms with Crippen LogP contribution in [0, 0.1) is 0 Å². The van der Waals surface area contributed by atoms with Gasteiger partial charge in [0.2, 0.25) is 0 Å². The molecule has 0 saturated carbocycles. The Hall–Kier alpha value is -3.78. The molecule has 0 saturated heterocycles. The van der Waals surface area contributed by atoms with Crippen LogP contribution in [0.15, 0.2) is 65.6 Å². The molecule has 31 heavy (non-hydrogen) atoms. The first kappa shape index (κ1) is 21.9. The molecule has 2 aromatic carbocycles. The third-order valence-electron chi connectivity index (χ3n) is 4.62. The zero-order valence-corrected chi connectivity index (χ0v) is 17.3. The Labute approximate surface area is 182 Å². The second kappa shape index (κ2) is 9.36. The van der Waals surface area contributed by atoms with Crippen LogP contribution in [0.4, 0.5) is 10.5 Å². The van der Waals surface area contributed by atoms with Gasteiger partial charge in [-0.25, -0.2) is 4.79 Å². The third kappa shape index (κ3) is 5.43. The van der Waals surface area contributed by atoms with Crippen LogP contribution in [0.5, 0.6) is 5.75 Å². The van der Waals surface area contributed by atoms with Crippen LogP contribution in [0.2, 0.25) is 5.02 Å². The zero-order chi connectivity index (χ0) is 22.5. The number of aryl methyl sites for hydroxylation is 1. The van der Waals surface area contributed by atoms with Gasteiger partial charge in [0.05, 0.1) is 12.5 Å². The summed E-state index contributed by atoms with van der Waals surface area (Å²) < 4.78 is 1.19. The summed E-state index contributed by atoms with van der Waals surface area (Å²) in [4.78, 5) is 36.0. The normalized spacial score (nSPS) is 11.5. The summed E-state index contributed by atoms with van der Waals surface area (Å²) in [5, 5.41) is 24.6. The number of rotatable bonds is 6. The number of carbonyl (C=O) groups excluding carboxylic acids is 1. The number of halogens is 1. The van der Waals surface area contributed by atoms with Crippen LogP contribution >= 0.6 is 11.6 Å². The van der Waals surface area contributed by atoms with E-state index in [1.807, 2.05) is 12.1 Å². The van der Waals surface area contributed by atoms with Gasteiger partial charge in [0, 0.05) is 18.3 Å². The van der Waals surface area contributed by atoms with Gasteiger partial charge in [-0.3, -0.25) is 9.59 Å². The minimum absolute atomic E-state index is 0.302. The second-order valence-corrected chi connectivity index (χ2v) is 7.31. The van der Waals surface area contributed by atoms with Crippen LogP contribution < -0.4 is 16.2 Å². The first-order chi connectivity index (χ1) is 14.7. The largest absolute Gasteiger partial charge is 0.505 e. The van der Waals surface area contributed by atoms with E-state index in [1.54, 1.807) is 36.4 Å². The number of amides is 2. The van der Waals surface area contributed by atoms with Crippen molar-refractivity contribution in [1.82, 2.24) is 9.88 Å². The molecule has 8 nitrogen and oxygen atoms in total. The van der Waals surface area contributed by atoms with E-state index in [4.69, 9.17) is 11.6 Å². The van der Waals surface area contributed by atoms with E-state index in [9.17, 15) is 24.6 Å². The van der Waals surface area contributed by atoms with Gasteiger partial charge in [0.1, 0.15) is 5.75 Å². The molecular formula is C22H20ClN3O5. The molecule has 2 amide bonds. The molecule has 0 aliphatic heterocycles. The third-order valence-corrected chi connectivity index (χ3v) is 4.85. The van der Waals surface area contributed by atoms with E-state index in [1.165, 1.54) is 23.9 Å². The number of hydrogen-bond donors (Lipinski definition) is 4. The molecule has 1 aromatic heterocycles. The van der Waals surface area contributed by atoms with Gasteiger partial charge in [-0.2, -0.15) is 0 Å². The highest BCUT2D eigenvalue weighted by molar-refractivity contribution is 6.30. The maximum absolute atomic E-state index is 12.5. The first-order valence-electron chi connectivity index (χ1n) is 9.28. The Morgan fingerprint density at radius 1 is 1.10 bits per heavy atom. The Morgan fingerprint density at radius 3 is 2.45 bits per heavy atom. The van der Waals surface area contributed by atoms with Crippen LogP contribution in [0.1, 0.15) is 18.0 Å². The van der Waals surface area contributed by atoms with Crippen LogP contribution in [-0.4, -0.2) is 26.8 Å². The lowest BCUT2D eigenvalue weighted by molar-refractivity contribution is -0.137. The second-order valence-electron chi connectivity index (χ2n) is 6.88. The van der Waals surface area contributed by atoms with Crippen LogP contribution in [0.25, 0.3) is 11.1 Å². The summed E-state index contributed by atoms with van der Waals surface area (Å²) in [6.45, 7) is 0. The minimum atomic E-state index is -1.11. The number of carboxylic acids is 1. The van der Waals surface area contributed by atoms with E-state index in [2.05, 4.69) is 10.6 Å². The van der Waals surface area contributed by atoms with Crippen molar-refractivity contribution in [1.29, 1.82) is 0 Å².